The van der Waals surface area contributed by atoms with Gasteiger partial charge in [0.05, 0.1) is 0 Å². The number of carbonyl (C=O) groups is 1. The number of rotatable bonds is 4. The second-order valence-electron chi connectivity index (χ2n) is 4.90. The second-order valence-corrected chi connectivity index (χ2v) is 4.90. The van der Waals surface area contributed by atoms with Gasteiger partial charge in [-0.15, -0.1) is 0 Å². The Morgan fingerprint density at radius 2 is 2.26 bits per heavy atom. The first-order valence-electron chi connectivity index (χ1n) is 6.28. The summed E-state index contributed by atoms with van der Waals surface area (Å²) in [7, 11) is 0. The molecule has 0 aliphatic heterocycles. The van der Waals surface area contributed by atoms with E-state index in [0.717, 1.165) is 23.6 Å². The van der Waals surface area contributed by atoms with Gasteiger partial charge in [0.2, 0.25) is 5.91 Å². The number of aromatic nitrogens is 2. The third-order valence-corrected chi connectivity index (χ3v) is 3.46. The van der Waals surface area contributed by atoms with Crippen LogP contribution in [0.4, 0.5) is 13.2 Å². The highest BCUT2D eigenvalue weighted by Crippen LogP contribution is 2.28. The van der Waals surface area contributed by atoms with Crippen LogP contribution in [-0.4, -0.2) is 22.2 Å². The van der Waals surface area contributed by atoms with Crippen molar-refractivity contribution in [2.45, 2.75) is 38.4 Å². The molecule has 0 spiro atoms. The molecule has 1 saturated carbocycles. The fourth-order valence-electron chi connectivity index (χ4n) is 1.91. The highest BCUT2D eigenvalue weighted by molar-refractivity contribution is 5.79. The van der Waals surface area contributed by atoms with Crippen LogP contribution < -0.4 is 5.32 Å². The first-order chi connectivity index (χ1) is 8.88. The number of carbonyl (C=O) groups excluding carboxylic acids is 1. The van der Waals surface area contributed by atoms with Gasteiger partial charge in [-0.2, -0.15) is 18.3 Å². The van der Waals surface area contributed by atoms with E-state index >= 15 is 0 Å². The molecule has 106 valence electrons. The predicted molar refractivity (Wildman–Crippen MR) is 62.3 cm³/mol. The summed E-state index contributed by atoms with van der Waals surface area (Å²) in [5, 5.41) is 6.14. The lowest BCUT2D eigenvalue weighted by Gasteiger charge is -2.26. The van der Waals surface area contributed by atoms with Crippen molar-refractivity contribution in [1.29, 1.82) is 0 Å². The molecule has 7 heteroatoms. The molecule has 2 rings (SSSR count). The molecule has 1 aromatic heterocycles. The summed E-state index contributed by atoms with van der Waals surface area (Å²) in [5.41, 5.74) is -0.980. The van der Waals surface area contributed by atoms with Crippen LogP contribution in [0.3, 0.4) is 0 Å². The summed E-state index contributed by atoms with van der Waals surface area (Å²) >= 11 is 0. The first-order valence-corrected chi connectivity index (χ1v) is 6.28. The third kappa shape index (κ3) is 3.27. The SMILES string of the molecule is C[C@H](C(=O)NCC1CCC1)n1ccc(C(F)(F)F)n1. The van der Waals surface area contributed by atoms with E-state index in [1.165, 1.54) is 19.5 Å². The molecule has 1 fully saturated rings. The Morgan fingerprint density at radius 3 is 2.74 bits per heavy atom. The molecule has 4 nitrogen and oxygen atoms in total. The van der Waals surface area contributed by atoms with Gasteiger partial charge in [-0.25, -0.2) is 0 Å². The zero-order valence-corrected chi connectivity index (χ0v) is 10.6. The zero-order chi connectivity index (χ0) is 14.0. The molecule has 0 unspecified atom stereocenters. The monoisotopic (exact) mass is 275 g/mol. The number of amides is 1. The highest BCUT2D eigenvalue weighted by atomic mass is 19.4. The smallest absolute Gasteiger partial charge is 0.354 e. The first kappa shape index (κ1) is 13.9. The van der Waals surface area contributed by atoms with Crippen LogP contribution in [-0.2, 0) is 11.0 Å². The Kier molecular flexibility index (Phi) is 3.82. The zero-order valence-electron chi connectivity index (χ0n) is 10.6. The lowest BCUT2D eigenvalue weighted by Crippen LogP contribution is -2.36. The van der Waals surface area contributed by atoms with Crippen LogP contribution in [0.15, 0.2) is 12.3 Å². The summed E-state index contributed by atoms with van der Waals surface area (Å²) in [4.78, 5) is 11.8. The van der Waals surface area contributed by atoms with Crippen LogP contribution >= 0.6 is 0 Å². The molecule has 1 amide bonds. The van der Waals surface area contributed by atoms with Crippen LogP contribution in [0.25, 0.3) is 0 Å². The van der Waals surface area contributed by atoms with Crippen molar-refractivity contribution in [1.82, 2.24) is 15.1 Å². The van der Waals surface area contributed by atoms with Crippen LogP contribution in [0.5, 0.6) is 0 Å². The fraction of sp³-hybridized carbons (Fsp3) is 0.667. The minimum atomic E-state index is -4.48. The normalized spacial score (nSPS) is 17.9. The summed E-state index contributed by atoms with van der Waals surface area (Å²) in [5.74, 6) is 0.211. The highest BCUT2D eigenvalue weighted by Gasteiger charge is 2.34. The largest absolute Gasteiger partial charge is 0.435 e. The van der Waals surface area contributed by atoms with Gasteiger partial charge in [-0.3, -0.25) is 9.48 Å². The van der Waals surface area contributed by atoms with Crippen molar-refractivity contribution in [3.05, 3.63) is 18.0 Å². The fourth-order valence-corrected chi connectivity index (χ4v) is 1.91. The van der Waals surface area contributed by atoms with E-state index in [0.29, 0.717) is 12.5 Å². The minimum Gasteiger partial charge on any atom is -0.354 e. The molecular formula is C12H16F3N3O. The van der Waals surface area contributed by atoms with Gasteiger partial charge >= 0.3 is 6.18 Å². The molecular weight excluding hydrogens is 259 g/mol. The van der Waals surface area contributed by atoms with Crippen molar-refractivity contribution >= 4 is 5.91 Å². The molecule has 0 bridgehead atoms. The van der Waals surface area contributed by atoms with Gasteiger partial charge < -0.3 is 5.32 Å². The number of halogens is 3. The molecule has 1 aliphatic carbocycles. The van der Waals surface area contributed by atoms with Crippen molar-refractivity contribution in [3.63, 3.8) is 0 Å². The van der Waals surface area contributed by atoms with E-state index in [1.807, 2.05) is 0 Å². The lowest BCUT2D eigenvalue weighted by atomic mass is 9.85. The Balaban J connectivity index is 1.92. The van der Waals surface area contributed by atoms with Gasteiger partial charge in [-0.1, -0.05) is 6.42 Å². The van der Waals surface area contributed by atoms with E-state index in [-0.39, 0.29) is 5.91 Å². The minimum absolute atomic E-state index is 0.302. The van der Waals surface area contributed by atoms with Crippen molar-refractivity contribution < 1.29 is 18.0 Å². The molecule has 19 heavy (non-hydrogen) atoms. The Hall–Kier alpha value is -1.53. The number of hydrogen-bond acceptors (Lipinski definition) is 2. The van der Waals surface area contributed by atoms with Gasteiger partial charge in [0.25, 0.3) is 0 Å². The Labute approximate surface area is 109 Å². The summed E-state index contributed by atoms with van der Waals surface area (Å²) < 4.78 is 38.2. The van der Waals surface area contributed by atoms with E-state index in [1.54, 1.807) is 0 Å². The Morgan fingerprint density at radius 1 is 1.58 bits per heavy atom. The van der Waals surface area contributed by atoms with Gasteiger partial charge in [0.15, 0.2) is 5.69 Å². The van der Waals surface area contributed by atoms with E-state index in [4.69, 9.17) is 0 Å². The van der Waals surface area contributed by atoms with Crippen molar-refractivity contribution in [3.8, 4) is 0 Å². The average Bonchev–Trinajstić information content (AvgIpc) is 2.74. The molecule has 1 N–H and O–H groups in total. The standard InChI is InChI=1S/C12H16F3N3O/c1-8(11(19)16-7-9-3-2-4-9)18-6-5-10(17-18)12(13,14)15/h5-6,8-9H,2-4,7H2,1H3,(H,16,19)/t8-/m1/s1. The van der Waals surface area contributed by atoms with E-state index in [9.17, 15) is 18.0 Å². The third-order valence-electron chi connectivity index (χ3n) is 3.46. The summed E-state index contributed by atoms with van der Waals surface area (Å²) in [6, 6.07) is 0.131. The maximum Gasteiger partial charge on any atom is 0.435 e. The lowest BCUT2D eigenvalue weighted by molar-refractivity contribution is -0.142. The van der Waals surface area contributed by atoms with Gasteiger partial charge in [0.1, 0.15) is 6.04 Å². The molecule has 1 aromatic rings. The Bertz CT molecular complexity index is 451. The second kappa shape index (κ2) is 5.22. The van der Waals surface area contributed by atoms with Crippen molar-refractivity contribution in [2.75, 3.05) is 6.54 Å². The average molecular weight is 275 g/mol. The van der Waals surface area contributed by atoms with E-state index < -0.39 is 17.9 Å². The molecule has 1 atom stereocenters. The maximum atomic E-state index is 12.4. The number of alkyl halides is 3. The quantitative estimate of drug-likeness (QED) is 0.917. The van der Waals surface area contributed by atoms with Crippen LogP contribution in [0, 0.1) is 5.92 Å². The van der Waals surface area contributed by atoms with Crippen LogP contribution in [0.2, 0.25) is 0 Å². The van der Waals surface area contributed by atoms with Gasteiger partial charge in [-0.05, 0) is 31.7 Å². The maximum absolute atomic E-state index is 12.4. The number of hydrogen-bond donors (Lipinski definition) is 1. The molecule has 1 aliphatic rings. The van der Waals surface area contributed by atoms with E-state index in [2.05, 4.69) is 10.4 Å². The predicted octanol–water partition coefficient (Wildman–Crippen LogP) is 2.38. The van der Waals surface area contributed by atoms with Crippen molar-refractivity contribution in [2.24, 2.45) is 5.92 Å². The summed E-state index contributed by atoms with van der Waals surface area (Å²) in [6.45, 7) is 2.12. The topological polar surface area (TPSA) is 46.9 Å². The van der Waals surface area contributed by atoms with Crippen LogP contribution in [0.1, 0.15) is 37.9 Å². The molecule has 0 aromatic carbocycles. The number of nitrogens with zero attached hydrogens (tertiary/aromatic N) is 2. The van der Waals surface area contributed by atoms with Gasteiger partial charge in [0, 0.05) is 12.7 Å². The molecule has 1 heterocycles. The number of nitrogens with one attached hydrogen (secondary N) is 1. The molecule has 0 radical (unpaired) electrons. The molecule has 0 saturated heterocycles. The summed E-state index contributed by atoms with van der Waals surface area (Å²) in [6.07, 6.45) is 0.0945.